The minimum Gasteiger partial charge on any atom is -0.479 e. The summed E-state index contributed by atoms with van der Waals surface area (Å²) in [7, 11) is -1.20. The third-order valence-electron chi connectivity index (χ3n) is 6.24. The Balaban J connectivity index is 1.60. The van der Waals surface area contributed by atoms with Crippen LogP contribution < -0.4 is 14.4 Å². The van der Waals surface area contributed by atoms with Gasteiger partial charge in [0, 0.05) is 53.8 Å². The van der Waals surface area contributed by atoms with Gasteiger partial charge >= 0.3 is 0 Å². The highest BCUT2D eigenvalue weighted by molar-refractivity contribution is 7.92. The number of rotatable bonds is 1. The highest BCUT2D eigenvalue weighted by Crippen LogP contribution is 2.40. The fraction of sp³-hybridized carbons (Fsp3) is 0.115. The van der Waals surface area contributed by atoms with Gasteiger partial charge in [-0.1, -0.05) is 6.07 Å². The van der Waals surface area contributed by atoms with Gasteiger partial charge in [-0.3, -0.25) is 14.1 Å². The number of amides is 1. The van der Waals surface area contributed by atoms with Crippen LogP contribution in [0.1, 0.15) is 15.9 Å². The molecule has 0 radical (unpaired) electrons. The molecule has 190 valence electrons. The molecule has 0 unspecified atom stereocenters. The number of anilines is 1. The second-order valence-electron chi connectivity index (χ2n) is 8.56. The van der Waals surface area contributed by atoms with E-state index in [2.05, 4.69) is 25.3 Å². The smallest absolute Gasteiger partial charge is 0.264 e. The van der Waals surface area contributed by atoms with Crippen LogP contribution in [0.4, 0.5) is 5.69 Å². The summed E-state index contributed by atoms with van der Waals surface area (Å²) in [5, 5.41) is 2.84. The molecule has 12 heteroatoms. The predicted molar refractivity (Wildman–Crippen MR) is 144 cm³/mol. The number of fused-ring (bicyclic) bond motifs is 9. The fourth-order valence-corrected chi connectivity index (χ4v) is 6.58. The Morgan fingerprint density at radius 1 is 1.00 bits per heavy atom. The second-order valence-corrected chi connectivity index (χ2v) is 11.6. The molecule has 1 aliphatic rings. The van der Waals surface area contributed by atoms with Crippen LogP contribution in [0.25, 0.3) is 31.9 Å². The van der Waals surface area contributed by atoms with Gasteiger partial charge in [0.15, 0.2) is 0 Å². The van der Waals surface area contributed by atoms with Crippen LogP contribution >= 0.6 is 11.3 Å². The van der Waals surface area contributed by atoms with Gasteiger partial charge in [0.25, 0.3) is 15.9 Å². The van der Waals surface area contributed by atoms with Crippen molar-refractivity contribution >= 4 is 43.2 Å². The molecule has 0 atom stereocenters. The Labute approximate surface area is 222 Å². The Kier molecular flexibility index (Phi) is 5.77. The number of carbonyl (C=O) groups is 1. The molecule has 38 heavy (non-hydrogen) atoms. The van der Waals surface area contributed by atoms with Crippen molar-refractivity contribution in [1.82, 2.24) is 25.3 Å². The summed E-state index contributed by atoms with van der Waals surface area (Å²) in [5.41, 5.74) is 4.17. The van der Waals surface area contributed by atoms with E-state index in [1.54, 1.807) is 30.7 Å². The van der Waals surface area contributed by atoms with E-state index in [1.807, 2.05) is 12.1 Å². The highest BCUT2D eigenvalue weighted by atomic mass is 32.2. The lowest BCUT2D eigenvalue weighted by Crippen LogP contribution is -2.28. The zero-order valence-corrected chi connectivity index (χ0v) is 21.9. The van der Waals surface area contributed by atoms with Gasteiger partial charge < -0.3 is 10.1 Å². The third kappa shape index (κ3) is 4.03. The molecular weight excluding hydrogens is 524 g/mol. The van der Waals surface area contributed by atoms with Gasteiger partial charge in [0.1, 0.15) is 12.0 Å². The molecule has 1 amide bonds. The number of nitrogens with one attached hydrogen (secondary N) is 1. The number of hydrogen-bond donors (Lipinski definition) is 1. The molecule has 4 aromatic heterocycles. The average Bonchev–Trinajstić information content (AvgIpc) is 3.39. The number of carbonyl (C=O) groups excluding carboxylic acids is 1. The Hall–Kier alpha value is -4.42. The van der Waals surface area contributed by atoms with Crippen molar-refractivity contribution in [3.63, 3.8) is 0 Å². The van der Waals surface area contributed by atoms with Gasteiger partial charge in [-0.2, -0.15) is 0 Å². The lowest BCUT2D eigenvalue weighted by molar-refractivity contribution is 0.0950. The maximum atomic E-state index is 13.6. The first kappa shape index (κ1) is 23.9. The summed E-state index contributed by atoms with van der Waals surface area (Å²) in [6.45, 7) is 0.202. The fourth-order valence-electron chi connectivity index (χ4n) is 4.24. The molecule has 1 N–H and O–H groups in total. The number of aromatic nitrogens is 4. The van der Waals surface area contributed by atoms with Gasteiger partial charge in [0.05, 0.1) is 27.9 Å². The summed E-state index contributed by atoms with van der Waals surface area (Å²) in [6.07, 6.45) is 6.52. The van der Waals surface area contributed by atoms with Crippen LogP contribution in [0.3, 0.4) is 0 Å². The van der Waals surface area contributed by atoms with Gasteiger partial charge in [-0.05, 0) is 42.0 Å². The summed E-state index contributed by atoms with van der Waals surface area (Å²) >= 11 is 1.47. The van der Waals surface area contributed by atoms with E-state index in [1.165, 1.54) is 50.0 Å². The van der Waals surface area contributed by atoms with Crippen LogP contribution in [0.5, 0.6) is 5.88 Å². The van der Waals surface area contributed by atoms with Crippen molar-refractivity contribution in [2.45, 2.75) is 11.4 Å². The topological polar surface area (TPSA) is 127 Å². The van der Waals surface area contributed by atoms with Crippen molar-refractivity contribution in [2.75, 3.05) is 18.5 Å². The maximum absolute atomic E-state index is 13.6. The molecule has 0 spiro atoms. The number of methoxy groups -OCH3 is 1. The molecule has 8 bridgehead atoms. The molecule has 0 fully saturated rings. The molecule has 0 aliphatic carbocycles. The molecule has 5 heterocycles. The van der Waals surface area contributed by atoms with Crippen molar-refractivity contribution in [2.24, 2.45) is 0 Å². The van der Waals surface area contributed by atoms with E-state index in [0.717, 1.165) is 30.5 Å². The van der Waals surface area contributed by atoms with Crippen LogP contribution in [-0.4, -0.2) is 48.4 Å². The standard InChI is InChI=1S/C26H20N6O4S2/c1-32-21-8-17(13-29-26(21)36-2)22-9-20-24(37-22)23(31-14-30-20)18-6-15(10-27-12-18)11-28-25(33)16-4-3-5-19(7-16)38(32,34)35/h3-10,12-14H,11H2,1-2H3,(H,28,33). The molecule has 5 aromatic rings. The Morgan fingerprint density at radius 3 is 2.71 bits per heavy atom. The van der Waals surface area contributed by atoms with Crippen LogP contribution in [0, 0.1) is 0 Å². The highest BCUT2D eigenvalue weighted by Gasteiger charge is 2.26. The first-order chi connectivity index (χ1) is 18.3. The van der Waals surface area contributed by atoms with E-state index in [-0.39, 0.29) is 28.6 Å². The normalized spacial score (nSPS) is 14.6. The first-order valence-electron chi connectivity index (χ1n) is 11.5. The SMILES string of the molecule is COc1ncc2cc1N(C)S(=O)(=O)c1cccc(c1)C(=O)NCc1cncc(c1)-c1ncnc3cc-2sc13. The molecule has 6 rings (SSSR count). The number of sulfonamides is 1. The number of nitrogens with zero attached hydrogens (tertiary/aromatic N) is 5. The first-order valence-corrected chi connectivity index (χ1v) is 13.7. The van der Waals surface area contributed by atoms with Gasteiger partial charge in [0.2, 0.25) is 5.88 Å². The summed E-state index contributed by atoms with van der Waals surface area (Å²) in [4.78, 5) is 31.4. The van der Waals surface area contributed by atoms with E-state index in [0.29, 0.717) is 11.3 Å². The van der Waals surface area contributed by atoms with E-state index in [9.17, 15) is 13.2 Å². The van der Waals surface area contributed by atoms with Gasteiger partial charge in [-0.25, -0.2) is 23.4 Å². The molecule has 1 aromatic carbocycles. The predicted octanol–water partition coefficient (Wildman–Crippen LogP) is 3.89. The number of ether oxygens (including phenoxy) is 1. The summed E-state index contributed by atoms with van der Waals surface area (Å²) < 4.78 is 34.6. The lowest BCUT2D eigenvalue weighted by Gasteiger charge is -2.22. The summed E-state index contributed by atoms with van der Waals surface area (Å²) in [6, 6.07) is 11.5. The van der Waals surface area contributed by atoms with Crippen LogP contribution in [-0.2, 0) is 16.6 Å². The zero-order valence-electron chi connectivity index (χ0n) is 20.2. The lowest BCUT2D eigenvalue weighted by atomic mass is 10.1. The molecule has 0 saturated carbocycles. The van der Waals surface area contributed by atoms with Crippen molar-refractivity contribution in [1.29, 1.82) is 0 Å². The number of hydrogen-bond acceptors (Lipinski definition) is 9. The number of pyridine rings is 2. The van der Waals surface area contributed by atoms with E-state index < -0.39 is 15.9 Å². The average molecular weight is 545 g/mol. The molecule has 10 nitrogen and oxygen atoms in total. The molecule has 0 saturated heterocycles. The van der Waals surface area contributed by atoms with E-state index >= 15 is 0 Å². The van der Waals surface area contributed by atoms with Crippen LogP contribution in [0.2, 0.25) is 0 Å². The zero-order chi connectivity index (χ0) is 26.4. The van der Waals surface area contributed by atoms with Gasteiger partial charge in [-0.15, -0.1) is 11.3 Å². The molecule has 1 aliphatic heterocycles. The number of benzene rings is 1. The van der Waals surface area contributed by atoms with E-state index in [4.69, 9.17) is 4.74 Å². The summed E-state index contributed by atoms with van der Waals surface area (Å²) in [5.74, 6) is -0.266. The van der Waals surface area contributed by atoms with Crippen molar-refractivity contribution < 1.29 is 17.9 Å². The Morgan fingerprint density at radius 2 is 1.87 bits per heavy atom. The van der Waals surface area contributed by atoms with Crippen LogP contribution in [0.15, 0.2) is 72.3 Å². The monoisotopic (exact) mass is 544 g/mol. The second kappa shape index (κ2) is 9.15. The molecular formula is C26H20N6O4S2. The Bertz CT molecular complexity index is 1840. The largest absolute Gasteiger partial charge is 0.479 e. The number of thiophene rings is 1. The minimum absolute atomic E-state index is 0.0355. The third-order valence-corrected chi connectivity index (χ3v) is 9.18. The maximum Gasteiger partial charge on any atom is 0.264 e. The quantitative estimate of drug-likeness (QED) is 0.337. The van der Waals surface area contributed by atoms with Crippen molar-refractivity contribution in [3.8, 4) is 27.6 Å². The minimum atomic E-state index is -4.06. The van der Waals surface area contributed by atoms with Crippen molar-refractivity contribution in [3.05, 3.63) is 78.5 Å².